The maximum atomic E-state index is 6.13. The number of fused-ring (bicyclic) bond motifs is 1. The fraction of sp³-hybridized carbons (Fsp3) is 0.480. The SMILES string of the molecule is CN=C(NCc1ccc(NCCOC)cc1)N1CC2OCCN(Cc3ccccc3)C2C1. The molecular weight excluding hydrogens is 402 g/mol. The van der Waals surface area contributed by atoms with Gasteiger partial charge in [0.25, 0.3) is 0 Å². The van der Waals surface area contributed by atoms with Crippen molar-refractivity contribution in [2.75, 3.05) is 58.9 Å². The summed E-state index contributed by atoms with van der Waals surface area (Å²) in [6, 6.07) is 19.6. The first-order chi connectivity index (χ1) is 15.8. The summed E-state index contributed by atoms with van der Waals surface area (Å²) in [4.78, 5) is 9.44. The van der Waals surface area contributed by atoms with E-state index in [0.717, 1.165) is 57.5 Å². The maximum Gasteiger partial charge on any atom is 0.194 e. The number of nitrogens with zero attached hydrogens (tertiary/aromatic N) is 3. The highest BCUT2D eigenvalue weighted by Gasteiger charge is 2.41. The quantitative estimate of drug-likeness (QED) is 0.376. The van der Waals surface area contributed by atoms with Gasteiger partial charge in [0.15, 0.2) is 5.96 Å². The van der Waals surface area contributed by atoms with Crippen LogP contribution in [0.5, 0.6) is 0 Å². The van der Waals surface area contributed by atoms with E-state index in [-0.39, 0.29) is 6.10 Å². The highest BCUT2D eigenvalue weighted by atomic mass is 16.5. The summed E-state index contributed by atoms with van der Waals surface area (Å²) in [6.45, 7) is 6.78. The fourth-order valence-electron chi connectivity index (χ4n) is 4.50. The fourth-order valence-corrected chi connectivity index (χ4v) is 4.50. The van der Waals surface area contributed by atoms with Gasteiger partial charge in [0.2, 0.25) is 0 Å². The van der Waals surface area contributed by atoms with E-state index < -0.39 is 0 Å². The second kappa shape index (κ2) is 11.3. The van der Waals surface area contributed by atoms with Crippen LogP contribution in [0.4, 0.5) is 5.69 Å². The Morgan fingerprint density at radius 3 is 2.66 bits per heavy atom. The van der Waals surface area contributed by atoms with Crippen molar-refractivity contribution < 1.29 is 9.47 Å². The molecule has 7 heteroatoms. The second-order valence-electron chi connectivity index (χ2n) is 8.35. The van der Waals surface area contributed by atoms with Crippen LogP contribution in [-0.2, 0) is 22.6 Å². The highest BCUT2D eigenvalue weighted by molar-refractivity contribution is 5.80. The molecule has 2 aromatic carbocycles. The first-order valence-electron chi connectivity index (χ1n) is 11.4. The maximum absolute atomic E-state index is 6.13. The van der Waals surface area contributed by atoms with Gasteiger partial charge in [0, 0.05) is 59.1 Å². The number of guanidine groups is 1. The number of nitrogens with one attached hydrogen (secondary N) is 2. The minimum absolute atomic E-state index is 0.225. The summed E-state index contributed by atoms with van der Waals surface area (Å²) in [6.07, 6.45) is 0.225. The van der Waals surface area contributed by atoms with Crippen molar-refractivity contribution in [2.24, 2.45) is 4.99 Å². The van der Waals surface area contributed by atoms with Crippen molar-refractivity contribution in [1.82, 2.24) is 15.1 Å². The van der Waals surface area contributed by atoms with Gasteiger partial charge in [-0.1, -0.05) is 42.5 Å². The molecule has 2 aliphatic rings. The van der Waals surface area contributed by atoms with E-state index in [9.17, 15) is 0 Å². The second-order valence-corrected chi connectivity index (χ2v) is 8.35. The molecule has 2 fully saturated rings. The lowest BCUT2D eigenvalue weighted by atomic mass is 10.1. The van der Waals surface area contributed by atoms with Gasteiger partial charge in [0.1, 0.15) is 0 Å². The summed E-state index contributed by atoms with van der Waals surface area (Å²) in [5.74, 6) is 0.935. The molecule has 2 heterocycles. The van der Waals surface area contributed by atoms with Gasteiger partial charge in [-0.2, -0.15) is 0 Å². The Morgan fingerprint density at radius 1 is 1.09 bits per heavy atom. The van der Waals surface area contributed by atoms with Crippen LogP contribution in [0.1, 0.15) is 11.1 Å². The summed E-state index contributed by atoms with van der Waals surface area (Å²) < 4.78 is 11.2. The summed E-state index contributed by atoms with van der Waals surface area (Å²) in [5, 5.41) is 6.88. The van der Waals surface area contributed by atoms with Crippen molar-refractivity contribution in [3.63, 3.8) is 0 Å². The first-order valence-corrected chi connectivity index (χ1v) is 11.4. The van der Waals surface area contributed by atoms with Gasteiger partial charge in [0.05, 0.1) is 25.4 Å². The molecule has 2 unspecified atom stereocenters. The topological polar surface area (TPSA) is 61.4 Å². The third-order valence-corrected chi connectivity index (χ3v) is 6.20. The molecule has 2 N–H and O–H groups in total. The molecule has 172 valence electrons. The largest absolute Gasteiger partial charge is 0.383 e. The van der Waals surface area contributed by atoms with E-state index in [0.29, 0.717) is 12.6 Å². The number of methoxy groups -OCH3 is 1. The Kier molecular flexibility index (Phi) is 7.98. The molecule has 0 bridgehead atoms. The van der Waals surface area contributed by atoms with E-state index in [1.165, 1.54) is 11.1 Å². The average molecular weight is 438 g/mol. The first kappa shape index (κ1) is 22.6. The number of likely N-dealkylation sites (tertiary alicyclic amines) is 1. The lowest BCUT2D eigenvalue weighted by Crippen LogP contribution is -2.50. The van der Waals surface area contributed by atoms with E-state index in [1.807, 2.05) is 7.05 Å². The van der Waals surface area contributed by atoms with Crippen LogP contribution < -0.4 is 10.6 Å². The summed E-state index contributed by atoms with van der Waals surface area (Å²) >= 11 is 0. The summed E-state index contributed by atoms with van der Waals surface area (Å²) in [7, 11) is 3.57. The molecule has 32 heavy (non-hydrogen) atoms. The lowest BCUT2D eigenvalue weighted by molar-refractivity contribution is -0.0502. The van der Waals surface area contributed by atoms with Crippen LogP contribution in [0.3, 0.4) is 0 Å². The smallest absolute Gasteiger partial charge is 0.194 e. The Bertz CT molecular complexity index is 858. The van der Waals surface area contributed by atoms with Crippen molar-refractivity contribution >= 4 is 11.6 Å². The van der Waals surface area contributed by atoms with Crippen molar-refractivity contribution in [1.29, 1.82) is 0 Å². The third kappa shape index (κ3) is 5.79. The Labute approximate surface area is 191 Å². The predicted molar refractivity (Wildman–Crippen MR) is 129 cm³/mol. The van der Waals surface area contributed by atoms with Gasteiger partial charge < -0.3 is 25.0 Å². The van der Waals surface area contributed by atoms with Crippen LogP contribution in [0.15, 0.2) is 59.6 Å². The lowest BCUT2D eigenvalue weighted by Gasteiger charge is -2.36. The van der Waals surface area contributed by atoms with Crippen molar-refractivity contribution in [3.05, 3.63) is 65.7 Å². The minimum atomic E-state index is 0.225. The molecule has 2 aromatic rings. The molecule has 0 spiro atoms. The molecular formula is C25H35N5O2. The number of benzene rings is 2. The Balaban J connectivity index is 1.31. The monoisotopic (exact) mass is 437 g/mol. The molecule has 2 atom stereocenters. The standard InChI is InChI=1S/C25H35N5O2/c1-26-25(28-16-20-8-10-22(11-9-20)27-12-14-31-2)30-18-23-24(19-30)32-15-13-29(23)17-21-6-4-3-5-7-21/h3-11,23-24,27H,12-19H2,1-2H3,(H,26,28). The van der Waals surface area contributed by atoms with E-state index in [4.69, 9.17) is 9.47 Å². The average Bonchev–Trinajstić information content (AvgIpc) is 3.26. The van der Waals surface area contributed by atoms with Crippen molar-refractivity contribution in [2.45, 2.75) is 25.2 Å². The molecule has 2 aliphatic heterocycles. The van der Waals surface area contributed by atoms with Gasteiger partial charge in [-0.25, -0.2) is 0 Å². The molecule has 7 nitrogen and oxygen atoms in total. The van der Waals surface area contributed by atoms with Gasteiger partial charge in [-0.15, -0.1) is 0 Å². The molecule has 0 radical (unpaired) electrons. The van der Waals surface area contributed by atoms with Gasteiger partial charge >= 0.3 is 0 Å². The number of hydrogen-bond donors (Lipinski definition) is 2. The predicted octanol–water partition coefficient (Wildman–Crippen LogP) is 2.41. The zero-order valence-corrected chi connectivity index (χ0v) is 19.2. The van der Waals surface area contributed by atoms with E-state index in [2.05, 4.69) is 80.0 Å². The third-order valence-electron chi connectivity index (χ3n) is 6.20. The number of ether oxygens (including phenoxy) is 2. The number of morpholine rings is 1. The zero-order chi connectivity index (χ0) is 22.2. The van der Waals surface area contributed by atoms with Crippen LogP contribution in [0, 0.1) is 0 Å². The minimum Gasteiger partial charge on any atom is -0.383 e. The highest BCUT2D eigenvalue weighted by Crippen LogP contribution is 2.24. The van der Waals surface area contributed by atoms with Gasteiger partial charge in [-0.3, -0.25) is 9.89 Å². The van der Waals surface area contributed by atoms with Crippen molar-refractivity contribution in [3.8, 4) is 0 Å². The Morgan fingerprint density at radius 2 is 1.91 bits per heavy atom. The number of aliphatic imine (C=N–C) groups is 1. The van der Waals surface area contributed by atoms with E-state index in [1.54, 1.807) is 7.11 Å². The summed E-state index contributed by atoms with van der Waals surface area (Å²) in [5.41, 5.74) is 3.69. The zero-order valence-electron chi connectivity index (χ0n) is 19.2. The number of hydrogen-bond acceptors (Lipinski definition) is 5. The molecule has 4 rings (SSSR count). The number of anilines is 1. The Hall–Kier alpha value is -2.61. The van der Waals surface area contributed by atoms with Crippen LogP contribution in [0.25, 0.3) is 0 Å². The number of rotatable bonds is 8. The molecule has 0 aromatic heterocycles. The van der Waals surface area contributed by atoms with E-state index >= 15 is 0 Å². The van der Waals surface area contributed by atoms with Crippen LogP contribution >= 0.6 is 0 Å². The molecule has 0 amide bonds. The normalized spacial score (nSPS) is 21.4. The van der Waals surface area contributed by atoms with Gasteiger partial charge in [-0.05, 0) is 23.3 Å². The molecule has 2 saturated heterocycles. The molecule has 0 aliphatic carbocycles. The molecule has 0 saturated carbocycles. The van der Waals surface area contributed by atoms with Crippen LogP contribution in [-0.4, -0.2) is 81.5 Å². The van der Waals surface area contributed by atoms with Crippen LogP contribution in [0.2, 0.25) is 0 Å².